The molecule has 2 aromatic rings. The lowest BCUT2D eigenvalue weighted by Crippen LogP contribution is -2.57. The SMILES string of the molecule is CCN(C1CNC1)C(C)c1cccc(-n2cnnn2)c1. The summed E-state index contributed by atoms with van der Waals surface area (Å²) in [5.41, 5.74) is 2.30. The number of tetrazole rings is 1. The van der Waals surface area contributed by atoms with Crippen LogP contribution in [0.2, 0.25) is 0 Å². The summed E-state index contributed by atoms with van der Waals surface area (Å²) in [5.74, 6) is 0. The zero-order valence-electron chi connectivity index (χ0n) is 11.9. The Bertz CT molecular complexity index is 549. The van der Waals surface area contributed by atoms with E-state index in [0.717, 1.165) is 25.3 Å². The number of aromatic nitrogens is 4. The second-order valence-corrected chi connectivity index (χ2v) is 5.17. The second kappa shape index (κ2) is 5.68. The first-order valence-corrected chi connectivity index (χ1v) is 7.09. The van der Waals surface area contributed by atoms with Gasteiger partial charge in [-0.05, 0) is 41.6 Å². The highest BCUT2D eigenvalue weighted by Gasteiger charge is 2.27. The van der Waals surface area contributed by atoms with Crippen molar-refractivity contribution >= 4 is 0 Å². The van der Waals surface area contributed by atoms with Crippen LogP contribution in [0.5, 0.6) is 0 Å². The van der Waals surface area contributed by atoms with E-state index in [2.05, 4.69) is 57.8 Å². The average Bonchev–Trinajstić information content (AvgIpc) is 2.96. The maximum Gasteiger partial charge on any atom is 0.143 e. The summed E-state index contributed by atoms with van der Waals surface area (Å²) >= 11 is 0. The number of benzene rings is 1. The molecule has 1 aromatic carbocycles. The van der Waals surface area contributed by atoms with E-state index in [1.165, 1.54) is 5.56 Å². The van der Waals surface area contributed by atoms with Gasteiger partial charge in [-0.1, -0.05) is 19.1 Å². The minimum atomic E-state index is 0.392. The predicted octanol–water partition coefficient (Wildman–Crippen LogP) is 1.02. The highest BCUT2D eigenvalue weighted by molar-refractivity contribution is 5.35. The fourth-order valence-corrected chi connectivity index (χ4v) is 2.75. The zero-order chi connectivity index (χ0) is 13.9. The maximum absolute atomic E-state index is 3.95. The third kappa shape index (κ3) is 2.44. The molecule has 106 valence electrons. The fourth-order valence-electron chi connectivity index (χ4n) is 2.75. The van der Waals surface area contributed by atoms with Crippen molar-refractivity contribution in [3.8, 4) is 5.69 Å². The van der Waals surface area contributed by atoms with Gasteiger partial charge >= 0.3 is 0 Å². The lowest BCUT2D eigenvalue weighted by Gasteiger charge is -2.41. The van der Waals surface area contributed by atoms with E-state index >= 15 is 0 Å². The van der Waals surface area contributed by atoms with Gasteiger partial charge in [0.2, 0.25) is 0 Å². The van der Waals surface area contributed by atoms with Gasteiger partial charge in [0, 0.05) is 25.2 Å². The molecule has 3 rings (SSSR count). The Hall–Kier alpha value is -1.79. The monoisotopic (exact) mass is 272 g/mol. The molecular weight excluding hydrogens is 252 g/mol. The molecule has 0 saturated carbocycles. The minimum Gasteiger partial charge on any atom is -0.314 e. The lowest BCUT2D eigenvalue weighted by molar-refractivity contribution is 0.110. The maximum atomic E-state index is 3.95. The molecule has 1 aliphatic rings. The summed E-state index contributed by atoms with van der Waals surface area (Å²) in [5, 5.41) is 14.7. The van der Waals surface area contributed by atoms with Crippen LogP contribution in [-0.4, -0.2) is 50.8 Å². The van der Waals surface area contributed by atoms with Crippen LogP contribution in [0.15, 0.2) is 30.6 Å². The average molecular weight is 272 g/mol. The number of nitrogens with zero attached hydrogens (tertiary/aromatic N) is 5. The van der Waals surface area contributed by atoms with Crippen molar-refractivity contribution in [3.05, 3.63) is 36.2 Å². The van der Waals surface area contributed by atoms with Gasteiger partial charge in [0.1, 0.15) is 6.33 Å². The number of likely N-dealkylation sites (N-methyl/N-ethyl adjacent to an activating group) is 1. The van der Waals surface area contributed by atoms with Crippen LogP contribution >= 0.6 is 0 Å². The number of hydrogen-bond acceptors (Lipinski definition) is 5. The summed E-state index contributed by atoms with van der Waals surface area (Å²) in [7, 11) is 0. The van der Waals surface area contributed by atoms with Crippen LogP contribution in [0, 0.1) is 0 Å². The van der Waals surface area contributed by atoms with E-state index in [4.69, 9.17) is 0 Å². The Morgan fingerprint density at radius 3 is 2.90 bits per heavy atom. The molecule has 1 atom stereocenters. The van der Waals surface area contributed by atoms with Gasteiger partial charge in [-0.15, -0.1) is 5.10 Å². The van der Waals surface area contributed by atoms with Gasteiger partial charge in [0.05, 0.1) is 5.69 Å². The van der Waals surface area contributed by atoms with E-state index in [1.807, 2.05) is 6.07 Å². The second-order valence-electron chi connectivity index (χ2n) is 5.17. The van der Waals surface area contributed by atoms with Crippen molar-refractivity contribution in [1.82, 2.24) is 30.4 Å². The molecule has 1 aliphatic heterocycles. The van der Waals surface area contributed by atoms with Gasteiger partial charge in [0.15, 0.2) is 0 Å². The van der Waals surface area contributed by atoms with E-state index in [-0.39, 0.29) is 0 Å². The normalized spacial score (nSPS) is 17.1. The number of nitrogens with one attached hydrogen (secondary N) is 1. The topological polar surface area (TPSA) is 58.9 Å². The summed E-state index contributed by atoms with van der Waals surface area (Å²) in [6.07, 6.45) is 1.62. The molecule has 0 aliphatic carbocycles. The molecule has 6 nitrogen and oxygen atoms in total. The molecular formula is C14H20N6. The van der Waals surface area contributed by atoms with Crippen molar-refractivity contribution in [2.24, 2.45) is 0 Å². The Balaban J connectivity index is 1.83. The van der Waals surface area contributed by atoms with Gasteiger partial charge < -0.3 is 5.32 Å². The minimum absolute atomic E-state index is 0.392. The Kier molecular flexibility index (Phi) is 3.75. The van der Waals surface area contributed by atoms with E-state index in [0.29, 0.717) is 12.1 Å². The van der Waals surface area contributed by atoms with Crippen molar-refractivity contribution in [3.63, 3.8) is 0 Å². The van der Waals surface area contributed by atoms with E-state index in [9.17, 15) is 0 Å². The fraction of sp³-hybridized carbons (Fsp3) is 0.500. The molecule has 1 aromatic heterocycles. The predicted molar refractivity (Wildman–Crippen MR) is 76.6 cm³/mol. The molecule has 2 heterocycles. The number of rotatable bonds is 5. The van der Waals surface area contributed by atoms with Crippen molar-refractivity contribution in [1.29, 1.82) is 0 Å². The van der Waals surface area contributed by atoms with Crippen LogP contribution < -0.4 is 5.32 Å². The van der Waals surface area contributed by atoms with Crippen LogP contribution in [0.1, 0.15) is 25.5 Å². The third-order valence-electron chi connectivity index (χ3n) is 4.06. The Labute approximate surface area is 118 Å². The van der Waals surface area contributed by atoms with Crippen LogP contribution in [0.25, 0.3) is 5.69 Å². The molecule has 0 amide bonds. The van der Waals surface area contributed by atoms with Crippen molar-refractivity contribution in [2.45, 2.75) is 25.9 Å². The van der Waals surface area contributed by atoms with Gasteiger partial charge in [-0.2, -0.15) is 0 Å². The first-order valence-electron chi connectivity index (χ1n) is 7.09. The molecule has 6 heteroatoms. The summed E-state index contributed by atoms with van der Waals surface area (Å²) in [6.45, 7) is 7.72. The van der Waals surface area contributed by atoms with Crippen molar-refractivity contribution in [2.75, 3.05) is 19.6 Å². The van der Waals surface area contributed by atoms with Gasteiger partial charge in [-0.3, -0.25) is 4.90 Å². The smallest absolute Gasteiger partial charge is 0.143 e. The molecule has 1 N–H and O–H groups in total. The van der Waals surface area contributed by atoms with Crippen LogP contribution in [0.4, 0.5) is 0 Å². The first-order chi connectivity index (χ1) is 9.79. The highest BCUT2D eigenvalue weighted by atomic mass is 15.5. The van der Waals surface area contributed by atoms with Crippen LogP contribution in [-0.2, 0) is 0 Å². The molecule has 1 saturated heterocycles. The summed E-state index contributed by atoms with van der Waals surface area (Å²) in [4.78, 5) is 2.54. The zero-order valence-corrected chi connectivity index (χ0v) is 11.9. The molecule has 0 radical (unpaired) electrons. The Morgan fingerprint density at radius 2 is 2.30 bits per heavy atom. The summed E-state index contributed by atoms with van der Waals surface area (Å²) in [6, 6.07) is 9.46. The number of hydrogen-bond donors (Lipinski definition) is 1. The first kappa shape index (κ1) is 13.2. The van der Waals surface area contributed by atoms with Gasteiger partial charge in [-0.25, -0.2) is 4.68 Å². The molecule has 1 fully saturated rings. The van der Waals surface area contributed by atoms with Crippen LogP contribution in [0.3, 0.4) is 0 Å². The van der Waals surface area contributed by atoms with Crippen molar-refractivity contribution < 1.29 is 0 Å². The largest absolute Gasteiger partial charge is 0.314 e. The molecule has 0 spiro atoms. The van der Waals surface area contributed by atoms with E-state index < -0.39 is 0 Å². The lowest BCUT2D eigenvalue weighted by atomic mass is 10.0. The molecule has 0 bridgehead atoms. The highest BCUT2D eigenvalue weighted by Crippen LogP contribution is 2.25. The quantitative estimate of drug-likeness (QED) is 0.880. The third-order valence-corrected chi connectivity index (χ3v) is 4.06. The van der Waals surface area contributed by atoms with E-state index in [1.54, 1.807) is 11.0 Å². The molecule has 20 heavy (non-hydrogen) atoms. The standard InChI is InChI=1S/C14H20N6/c1-3-19(14-8-15-9-14)11(2)12-5-4-6-13(7-12)20-10-16-17-18-20/h4-7,10-11,14-15H,3,8-9H2,1-2H3. The van der Waals surface area contributed by atoms with Gasteiger partial charge in [0.25, 0.3) is 0 Å². The molecule has 1 unspecified atom stereocenters. The Morgan fingerprint density at radius 1 is 1.45 bits per heavy atom. The summed E-state index contributed by atoms with van der Waals surface area (Å²) < 4.78 is 1.69.